The molecule has 0 aliphatic heterocycles. The predicted octanol–water partition coefficient (Wildman–Crippen LogP) is 2.48. The SMILES string of the molecule is CCC(C)NC(=O)C(C)Oc1ccc(Cl)cc1CN. The molecular weight excluding hydrogens is 264 g/mol. The first kappa shape index (κ1) is 15.8. The Morgan fingerprint density at radius 1 is 1.47 bits per heavy atom. The molecule has 0 fully saturated rings. The summed E-state index contributed by atoms with van der Waals surface area (Å²) in [7, 11) is 0. The van der Waals surface area contributed by atoms with Crippen LogP contribution < -0.4 is 15.8 Å². The number of hydrogen-bond acceptors (Lipinski definition) is 3. The molecule has 0 bridgehead atoms. The number of carbonyl (C=O) groups is 1. The van der Waals surface area contributed by atoms with Crippen molar-refractivity contribution in [3.63, 3.8) is 0 Å². The van der Waals surface area contributed by atoms with Gasteiger partial charge >= 0.3 is 0 Å². The minimum Gasteiger partial charge on any atom is -0.481 e. The lowest BCUT2D eigenvalue weighted by atomic mass is 10.2. The Kier molecular flexibility index (Phi) is 6.12. The van der Waals surface area contributed by atoms with Gasteiger partial charge in [0.25, 0.3) is 5.91 Å². The fourth-order valence-electron chi connectivity index (χ4n) is 1.53. The van der Waals surface area contributed by atoms with E-state index in [2.05, 4.69) is 5.32 Å². The van der Waals surface area contributed by atoms with E-state index in [-0.39, 0.29) is 11.9 Å². The molecule has 0 heterocycles. The number of hydrogen-bond donors (Lipinski definition) is 2. The van der Waals surface area contributed by atoms with E-state index in [9.17, 15) is 4.79 Å². The molecule has 19 heavy (non-hydrogen) atoms. The lowest BCUT2D eigenvalue weighted by molar-refractivity contribution is -0.127. The van der Waals surface area contributed by atoms with Gasteiger partial charge in [-0.05, 0) is 38.5 Å². The minimum atomic E-state index is -0.569. The standard InChI is InChI=1S/C14H21ClN2O2/c1-4-9(2)17-14(18)10(3)19-13-6-5-12(15)7-11(13)8-16/h5-7,9-10H,4,8,16H2,1-3H3,(H,17,18). The Hall–Kier alpha value is -1.26. The molecule has 1 aromatic carbocycles. The Labute approximate surface area is 119 Å². The summed E-state index contributed by atoms with van der Waals surface area (Å²) in [4.78, 5) is 11.9. The van der Waals surface area contributed by atoms with Crippen molar-refractivity contribution in [1.29, 1.82) is 0 Å². The van der Waals surface area contributed by atoms with Crippen molar-refractivity contribution in [3.05, 3.63) is 28.8 Å². The van der Waals surface area contributed by atoms with Crippen LogP contribution in [0.15, 0.2) is 18.2 Å². The van der Waals surface area contributed by atoms with Gasteiger partial charge in [0.2, 0.25) is 0 Å². The fraction of sp³-hybridized carbons (Fsp3) is 0.500. The normalized spacial score (nSPS) is 13.7. The molecule has 0 aliphatic carbocycles. The largest absolute Gasteiger partial charge is 0.481 e. The van der Waals surface area contributed by atoms with E-state index in [1.54, 1.807) is 25.1 Å². The van der Waals surface area contributed by atoms with Gasteiger partial charge in [-0.1, -0.05) is 18.5 Å². The molecule has 2 atom stereocenters. The van der Waals surface area contributed by atoms with E-state index in [0.29, 0.717) is 17.3 Å². The average molecular weight is 285 g/mol. The van der Waals surface area contributed by atoms with Crippen molar-refractivity contribution in [1.82, 2.24) is 5.32 Å². The third-order valence-corrected chi connectivity index (χ3v) is 3.15. The quantitative estimate of drug-likeness (QED) is 0.843. The van der Waals surface area contributed by atoms with Crippen molar-refractivity contribution >= 4 is 17.5 Å². The Morgan fingerprint density at radius 3 is 2.74 bits per heavy atom. The Morgan fingerprint density at radius 2 is 2.16 bits per heavy atom. The van der Waals surface area contributed by atoms with Crippen molar-refractivity contribution in [3.8, 4) is 5.75 Å². The lowest BCUT2D eigenvalue weighted by Crippen LogP contribution is -2.41. The van der Waals surface area contributed by atoms with Crippen LogP contribution in [0.3, 0.4) is 0 Å². The van der Waals surface area contributed by atoms with Crippen molar-refractivity contribution in [2.75, 3.05) is 0 Å². The summed E-state index contributed by atoms with van der Waals surface area (Å²) in [6.45, 7) is 6.00. The summed E-state index contributed by atoms with van der Waals surface area (Å²) >= 11 is 5.89. The second-order valence-corrected chi connectivity index (χ2v) is 4.97. The van der Waals surface area contributed by atoms with E-state index in [1.165, 1.54) is 0 Å². The zero-order valence-electron chi connectivity index (χ0n) is 11.6. The number of benzene rings is 1. The van der Waals surface area contributed by atoms with Gasteiger partial charge in [-0.15, -0.1) is 0 Å². The van der Waals surface area contributed by atoms with Crippen LogP contribution in [-0.2, 0) is 11.3 Å². The number of rotatable bonds is 6. The second kappa shape index (κ2) is 7.36. The molecule has 2 unspecified atom stereocenters. The van der Waals surface area contributed by atoms with Gasteiger partial charge in [0.1, 0.15) is 5.75 Å². The number of nitrogens with two attached hydrogens (primary N) is 1. The van der Waals surface area contributed by atoms with Crippen LogP contribution in [0.2, 0.25) is 5.02 Å². The zero-order chi connectivity index (χ0) is 14.4. The minimum absolute atomic E-state index is 0.132. The highest BCUT2D eigenvalue weighted by atomic mass is 35.5. The first-order valence-electron chi connectivity index (χ1n) is 6.43. The zero-order valence-corrected chi connectivity index (χ0v) is 12.3. The van der Waals surface area contributed by atoms with Crippen LogP contribution in [0.5, 0.6) is 5.75 Å². The number of ether oxygens (including phenoxy) is 1. The van der Waals surface area contributed by atoms with Crippen LogP contribution in [0.25, 0.3) is 0 Å². The molecule has 1 aromatic rings. The van der Waals surface area contributed by atoms with Crippen LogP contribution in [-0.4, -0.2) is 18.1 Å². The number of nitrogens with one attached hydrogen (secondary N) is 1. The molecule has 1 rings (SSSR count). The number of carbonyl (C=O) groups excluding carboxylic acids is 1. The first-order chi connectivity index (χ1) is 8.97. The van der Waals surface area contributed by atoms with E-state index in [4.69, 9.17) is 22.1 Å². The highest BCUT2D eigenvalue weighted by Gasteiger charge is 2.17. The summed E-state index contributed by atoms with van der Waals surface area (Å²) in [5, 5.41) is 3.48. The highest BCUT2D eigenvalue weighted by Crippen LogP contribution is 2.23. The van der Waals surface area contributed by atoms with E-state index in [0.717, 1.165) is 12.0 Å². The fourth-order valence-corrected chi connectivity index (χ4v) is 1.72. The average Bonchev–Trinajstić information content (AvgIpc) is 2.40. The van der Waals surface area contributed by atoms with Gasteiger partial charge in [-0.3, -0.25) is 4.79 Å². The molecule has 1 amide bonds. The molecule has 0 aromatic heterocycles. The van der Waals surface area contributed by atoms with Gasteiger partial charge in [-0.2, -0.15) is 0 Å². The molecule has 106 valence electrons. The number of amides is 1. The van der Waals surface area contributed by atoms with Gasteiger partial charge < -0.3 is 15.8 Å². The summed E-state index contributed by atoms with van der Waals surface area (Å²) < 4.78 is 5.65. The predicted molar refractivity (Wildman–Crippen MR) is 77.3 cm³/mol. The van der Waals surface area contributed by atoms with Gasteiger partial charge in [0, 0.05) is 23.2 Å². The third kappa shape index (κ3) is 4.73. The Balaban J connectivity index is 2.71. The van der Waals surface area contributed by atoms with Crippen molar-refractivity contribution in [2.45, 2.75) is 45.9 Å². The van der Waals surface area contributed by atoms with Gasteiger partial charge in [0.05, 0.1) is 0 Å². The monoisotopic (exact) mass is 284 g/mol. The maximum atomic E-state index is 11.9. The Bertz CT molecular complexity index is 437. The van der Waals surface area contributed by atoms with Crippen LogP contribution in [0, 0.1) is 0 Å². The van der Waals surface area contributed by atoms with Crippen molar-refractivity contribution < 1.29 is 9.53 Å². The molecule has 3 N–H and O–H groups in total. The molecule has 5 heteroatoms. The molecule has 0 saturated heterocycles. The highest BCUT2D eigenvalue weighted by molar-refractivity contribution is 6.30. The molecular formula is C14H21ClN2O2. The molecule has 0 saturated carbocycles. The summed E-state index contributed by atoms with van der Waals surface area (Å²) in [5.74, 6) is 0.464. The first-order valence-corrected chi connectivity index (χ1v) is 6.81. The molecule has 0 aliphatic rings. The number of halogens is 1. The van der Waals surface area contributed by atoms with Crippen LogP contribution >= 0.6 is 11.6 Å². The van der Waals surface area contributed by atoms with Crippen LogP contribution in [0.4, 0.5) is 0 Å². The van der Waals surface area contributed by atoms with Gasteiger partial charge in [-0.25, -0.2) is 0 Å². The third-order valence-electron chi connectivity index (χ3n) is 2.92. The smallest absolute Gasteiger partial charge is 0.260 e. The van der Waals surface area contributed by atoms with E-state index < -0.39 is 6.10 Å². The summed E-state index contributed by atoms with van der Waals surface area (Å²) in [6, 6.07) is 5.33. The van der Waals surface area contributed by atoms with E-state index in [1.807, 2.05) is 13.8 Å². The topological polar surface area (TPSA) is 64.3 Å². The second-order valence-electron chi connectivity index (χ2n) is 4.53. The van der Waals surface area contributed by atoms with E-state index >= 15 is 0 Å². The lowest BCUT2D eigenvalue weighted by Gasteiger charge is -2.19. The maximum Gasteiger partial charge on any atom is 0.260 e. The maximum absolute atomic E-state index is 11.9. The van der Waals surface area contributed by atoms with Crippen LogP contribution in [0.1, 0.15) is 32.8 Å². The summed E-state index contributed by atoms with van der Waals surface area (Å²) in [6.07, 6.45) is 0.313. The molecule has 0 radical (unpaired) electrons. The van der Waals surface area contributed by atoms with Crippen molar-refractivity contribution in [2.24, 2.45) is 5.73 Å². The molecule has 4 nitrogen and oxygen atoms in total. The van der Waals surface area contributed by atoms with Gasteiger partial charge in [0.15, 0.2) is 6.10 Å². The molecule has 0 spiro atoms. The summed E-state index contributed by atoms with van der Waals surface area (Å²) in [5.41, 5.74) is 6.42.